The molecule has 1 aromatic heterocycles. The molecular weight excluding hydrogens is 202 g/mol. The molecule has 1 heterocycles. The van der Waals surface area contributed by atoms with Gasteiger partial charge in [-0.1, -0.05) is 6.92 Å². The lowest BCUT2D eigenvalue weighted by Gasteiger charge is -2.09. The zero-order valence-corrected chi connectivity index (χ0v) is 9.08. The molecule has 0 aliphatic carbocycles. The van der Waals surface area contributed by atoms with Crippen LogP contribution in [0.25, 0.3) is 0 Å². The van der Waals surface area contributed by atoms with E-state index in [2.05, 4.69) is 10.3 Å². The lowest BCUT2D eigenvalue weighted by atomic mass is 10.3. The molecule has 0 saturated carbocycles. The van der Waals surface area contributed by atoms with Crippen LogP contribution >= 0.6 is 11.6 Å². The van der Waals surface area contributed by atoms with Crippen molar-refractivity contribution in [3.05, 3.63) is 18.2 Å². The van der Waals surface area contributed by atoms with Gasteiger partial charge in [0.25, 0.3) is 0 Å². The highest BCUT2D eigenvalue weighted by Gasteiger charge is 2.19. The number of carbonyl (C=O) groups is 1. The number of aromatic nitrogens is 2. The molecule has 0 bridgehead atoms. The summed E-state index contributed by atoms with van der Waals surface area (Å²) in [6, 6.07) is 0. The zero-order chi connectivity index (χ0) is 10.6. The van der Waals surface area contributed by atoms with Crippen LogP contribution in [0, 0.1) is 0 Å². The van der Waals surface area contributed by atoms with Crippen LogP contribution in [0.1, 0.15) is 24.4 Å². The second-order valence-corrected chi connectivity index (χ2v) is 3.52. The Morgan fingerprint density at radius 1 is 1.79 bits per heavy atom. The number of nitrogens with zero attached hydrogens (tertiary/aromatic N) is 2. The molecule has 0 spiro atoms. The number of halogens is 1. The number of nitrogens with one attached hydrogen (secondary N) is 1. The summed E-state index contributed by atoms with van der Waals surface area (Å²) < 4.78 is 1.74. The Balaban J connectivity index is 2.61. The molecular formula is C9H14ClN3O. The third kappa shape index (κ3) is 2.48. The minimum Gasteiger partial charge on any atom is -0.354 e. The number of hydrogen-bond donors (Lipinski definition) is 1. The van der Waals surface area contributed by atoms with Crippen molar-refractivity contribution < 1.29 is 4.79 Å². The quantitative estimate of drug-likeness (QED) is 0.768. The minimum atomic E-state index is -0.658. The Hall–Kier alpha value is -1.03. The molecule has 5 heteroatoms. The first-order valence-corrected chi connectivity index (χ1v) is 4.98. The average Bonchev–Trinajstić information content (AvgIpc) is 2.59. The summed E-state index contributed by atoms with van der Waals surface area (Å²) in [5.74, 6) is -0.169. The highest BCUT2D eigenvalue weighted by atomic mass is 35.5. The summed E-state index contributed by atoms with van der Waals surface area (Å²) in [6.07, 6.45) is 4.13. The van der Waals surface area contributed by atoms with Gasteiger partial charge in [0.15, 0.2) is 5.38 Å². The van der Waals surface area contributed by atoms with Gasteiger partial charge >= 0.3 is 0 Å². The first-order chi connectivity index (χ1) is 6.66. The summed E-state index contributed by atoms with van der Waals surface area (Å²) in [5, 5.41) is 2.08. The van der Waals surface area contributed by atoms with E-state index in [1.54, 1.807) is 17.1 Å². The van der Waals surface area contributed by atoms with Crippen molar-refractivity contribution in [2.24, 2.45) is 7.05 Å². The number of rotatable bonds is 4. The van der Waals surface area contributed by atoms with Gasteiger partial charge < -0.3 is 9.88 Å². The van der Waals surface area contributed by atoms with Crippen molar-refractivity contribution in [1.82, 2.24) is 14.9 Å². The Bertz CT molecular complexity index is 311. The zero-order valence-electron chi connectivity index (χ0n) is 8.33. The van der Waals surface area contributed by atoms with E-state index in [9.17, 15) is 4.79 Å². The van der Waals surface area contributed by atoms with Crippen LogP contribution in [-0.2, 0) is 11.8 Å². The van der Waals surface area contributed by atoms with Crippen molar-refractivity contribution in [1.29, 1.82) is 0 Å². The molecule has 0 aliphatic heterocycles. The topological polar surface area (TPSA) is 46.9 Å². The van der Waals surface area contributed by atoms with E-state index in [0.717, 1.165) is 6.42 Å². The molecule has 1 N–H and O–H groups in total. The highest BCUT2D eigenvalue weighted by molar-refractivity contribution is 6.30. The summed E-state index contributed by atoms with van der Waals surface area (Å²) >= 11 is 5.97. The van der Waals surface area contributed by atoms with Crippen molar-refractivity contribution in [3.63, 3.8) is 0 Å². The standard InChI is InChI=1S/C9H14ClN3O/c1-3-4-12-9(14)8(10)7-5-11-6-13(7)2/h5-6,8H,3-4H2,1-2H3,(H,12,14). The minimum absolute atomic E-state index is 0.169. The number of amides is 1. The number of aryl methyl sites for hydroxylation is 1. The fourth-order valence-corrected chi connectivity index (χ4v) is 1.37. The van der Waals surface area contributed by atoms with E-state index >= 15 is 0 Å². The second kappa shape index (κ2) is 5.00. The molecule has 0 aromatic carbocycles. The molecule has 1 rings (SSSR count). The number of carbonyl (C=O) groups excluding carboxylic acids is 1. The number of alkyl halides is 1. The van der Waals surface area contributed by atoms with Gasteiger partial charge in [-0.15, -0.1) is 11.6 Å². The third-order valence-corrected chi connectivity index (χ3v) is 2.31. The van der Waals surface area contributed by atoms with Gasteiger partial charge in [-0.05, 0) is 6.42 Å². The smallest absolute Gasteiger partial charge is 0.244 e. The molecule has 0 fully saturated rings. The van der Waals surface area contributed by atoms with Crippen LogP contribution in [0.2, 0.25) is 0 Å². The molecule has 0 aliphatic rings. The molecule has 4 nitrogen and oxygen atoms in total. The van der Waals surface area contributed by atoms with Crippen LogP contribution in [0.4, 0.5) is 0 Å². The van der Waals surface area contributed by atoms with Gasteiger partial charge in [-0.2, -0.15) is 0 Å². The Labute approximate surface area is 88.3 Å². The fraction of sp³-hybridized carbons (Fsp3) is 0.556. The van der Waals surface area contributed by atoms with Gasteiger partial charge in [-0.3, -0.25) is 4.79 Å². The van der Waals surface area contributed by atoms with Gasteiger partial charge in [0.1, 0.15) is 0 Å². The number of imidazole rings is 1. The van der Waals surface area contributed by atoms with Crippen LogP contribution < -0.4 is 5.32 Å². The predicted octanol–water partition coefficient (Wildman–Crippen LogP) is 1.23. The van der Waals surface area contributed by atoms with E-state index < -0.39 is 5.38 Å². The first-order valence-electron chi connectivity index (χ1n) is 4.54. The van der Waals surface area contributed by atoms with Gasteiger partial charge in [0, 0.05) is 13.6 Å². The summed E-state index contributed by atoms with van der Waals surface area (Å²) in [4.78, 5) is 15.4. The lowest BCUT2D eigenvalue weighted by Crippen LogP contribution is -2.28. The van der Waals surface area contributed by atoms with E-state index in [0.29, 0.717) is 12.2 Å². The molecule has 0 radical (unpaired) electrons. The monoisotopic (exact) mass is 215 g/mol. The maximum absolute atomic E-state index is 11.5. The highest BCUT2D eigenvalue weighted by Crippen LogP contribution is 2.18. The maximum atomic E-state index is 11.5. The van der Waals surface area contributed by atoms with Crippen LogP contribution in [-0.4, -0.2) is 22.0 Å². The van der Waals surface area contributed by atoms with E-state index in [-0.39, 0.29) is 5.91 Å². The molecule has 1 amide bonds. The second-order valence-electron chi connectivity index (χ2n) is 3.08. The number of hydrogen-bond acceptors (Lipinski definition) is 2. The third-order valence-electron chi connectivity index (χ3n) is 1.89. The van der Waals surface area contributed by atoms with Gasteiger partial charge in [-0.25, -0.2) is 4.98 Å². The normalized spacial score (nSPS) is 12.5. The Morgan fingerprint density at radius 3 is 3.00 bits per heavy atom. The average molecular weight is 216 g/mol. The molecule has 1 aromatic rings. The van der Waals surface area contributed by atoms with Crippen molar-refractivity contribution in [2.45, 2.75) is 18.7 Å². The SMILES string of the molecule is CCCNC(=O)C(Cl)c1cncn1C. The largest absolute Gasteiger partial charge is 0.354 e. The first kappa shape index (κ1) is 11.0. The molecule has 1 unspecified atom stereocenters. The van der Waals surface area contributed by atoms with Crippen molar-refractivity contribution >= 4 is 17.5 Å². The van der Waals surface area contributed by atoms with E-state index in [1.807, 2.05) is 14.0 Å². The summed E-state index contributed by atoms with van der Waals surface area (Å²) in [6.45, 7) is 2.65. The summed E-state index contributed by atoms with van der Waals surface area (Å²) in [5.41, 5.74) is 0.709. The van der Waals surface area contributed by atoms with Crippen LogP contribution in [0.15, 0.2) is 12.5 Å². The Kier molecular flexibility index (Phi) is 3.95. The van der Waals surface area contributed by atoms with Crippen LogP contribution in [0.3, 0.4) is 0 Å². The lowest BCUT2D eigenvalue weighted by molar-refractivity contribution is -0.120. The maximum Gasteiger partial charge on any atom is 0.244 e. The van der Waals surface area contributed by atoms with Gasteiger partial charge in [0.2, 0.25) is 5.91 Å². The summed E-state index contributed by atoms with van der Waals surface area (Å²) in [7, 11) is 1.81. The van der Waals surface area contributed by atoms with Crippen LogP contribution in [0.5, 0.6) is 0 Å². The van der Waals surface area contributed by atoms with E-state index in [4.69, 9.17) is 11.6 Å². The Morgan fingerprint density at radius 2 is 2.50 bits per heavy atom. The predicted molar refractivity (Wildman–Crippen MR) is 55.1 cm³/mol. The van der Waals surface area contributed by atoms with Gasteiger partial charge in [0.05, 0.1) is 18.2 Å². The molecule has 14 heavy (non-hydrogen) atoms. The molecule has 78 valence electrons. The molecule has 1 atom stereocenters. The molecule has 0 saturated heterocycles. The van der Waals surface area contributed by atoms with Crippen molar-refractivity contribution in [3.8, 4) is 0 Å². The van der Waals surface area contributed by atoms with E-state index in [1.165, 1.54) is 0 Å². The van der Waals surface area contributed by atoms with Crippen molar-refractivity contribution in [2.75, 3.05) is 6.54 Å². The fourth-order valence-electron chi connectivity index (χ4n) is 1.08.